The minimum absolute atomic E-state index is 0.174. The van der Waals surface area contributed by atoms with E-state index in [2.05, 4.69) is 49.5 Å². The molecule has 1 atom stereocenters. The van der Waals surface area contributed by atoms with E-state index in [-0.39, 0.29) is 5.54 Å². The lowest BCUT2D eigenvalue weighted by Crippen LogP contribution is -2.40. The highest BCUT2D eigenvalue weighted by atomic mass is 15.1. The van der Waals surface area contributed by atoms with Crippen molar-refractivity contribution in [1.82, 2.24) is 14.9 Å². The van der Waals surface area contributed by atoms with Gasteiger partial charge in [0.25, 0.3) is 0 Å². The summed E-state index contributed by atoms with van der Waals surface area (Å²) in [5, 5.41) is 3.54. The fourth-order valence-corrected chi connectivity index (χ4v) is 1.56. The van der Waals surface area contributed by atoms with Gasteiger partial charge < -0.3 is 9.88 Å². The van der Waals surface area contributed by atoms with E-state index >= 15 is 0 Å². The van der Waals surface area contributed by atoms with Crippen molar-refractivity contribution in [3.8, 4) is 0 Å². The monoisotopic (exact) mass is 209 g/mol. The molecular weight excluding hydrogens is 186 g/mol. The molecule has 0 aromatic carbocycles. The Hall–Kier alpha value is -0.830. The average Bonchev–Trinajstić information content (AvgIpc) is 2.54. The van der Waals surface area contributed by atoms with E-state index in [0.29, 0.717) is 12.0 Å². The first-order valence-corrected chi connectivity index (χ1v) is 5.62. The molecule has 0 spiro atoms. The maximum atomic E-state index is 4.11. The van der Waals surface area contributed by atoms with Crippen molar-refractivity contribution in [3.63, 3.8) is 0 Å². The van der Waals surface area contributed by atoms with Crippen LogP contribution in [-0.4, -0.2) is 21.6 Å². The summed E-state index contributed by atoms with van der Waals surface area (Å²) in [5.74, 6) is 0.606. The quantitative estimate of drug-likeness (QED) is 0.825. The molecule has 86 valence electrons. The third-order valence-electron chi connectivity index (χ3n) is 2.52. The van der Waals surface area contributed by atoms with Crippen molar-refractivity contribution in [2.75, 3.05) is 6.54 Å². The van der Waals surface area contributed by atoms with Crippen LogP contribution < -0.4 is 5.32 Å². The van der Waals surface area contributed by atoms with Crippen LogP contribution in [0.15, 0.2) is 18.7 Å². The van der Waals surface area contributed by atoms with Crippen LogP contribution in [0.4, 0.5) is 0 Å². The second-order valence-corrected chi connectivity index (χ2v) is 5.45. The van der Waals surface area contributed by atoms with Crippen molar-refractivity contribution < 1.29 is 0 Å². The Balaban J connectivity index is 2.61. The van der Waals surface area contributed by atoms with Crippen molar-refractivity contribution >= 4 is 0 Å². The first kappa shape index (κ1) is 12.2. The third kappa shape index (κ3) is 4.04. The number of nitrogens with zero attached hydrogens (tertiary/aromatic N) is 2. The number of aromatic nitrogens is 2. The minimum Gasteiger partial charge on any atom is -0.333 e. The van der Waals surface area contributed by atoms with Gasteiger partial charge in [-0.2, -0.15) is 0 Å². The topological polar surface area (TPSA) is 29.9 Å². The van der Waals surface area contributed by atoms with E-state index in [1.165, 1.54) is 0 Å². The van der Waals surface area contributed by atoms with Crippen LogP contribution in [0, 0.1) is 5.92 Å². The average molecular weight is 209 g/mol. The molecule has 0 radical (unpaired) electrons. The van der Waals surface area contributed by atoms with Crippen LogP contribution in [0.25, 0.3) is 0 Å². The summed E-state index contributed by atoms with van der Waals surface area (Å²) >= 11 is 0. The van der Waals surface area contributed by atoms with Crippen molar-refractivity contribution in [1.29, 1.82) is 0 Å². The molecule has 1 unspecified atom stereocenters. The minimum atomic E-state index is 0.174. The third-order valence-corrected chi connectivity index (χ3v) is 2.52. The summed E-state index contributed by atoms with van der Waals surface area (Å²) in [6.45, 7) is 12.1. The van der Waals surface area contributed by atoms with E-state index in [0.717, 1.165) is 6.54 Å². The Bertz CT molecular complexity index is 270. The SMILES string of the molecule is CC(C)C(CNC(C)(C)C)n1ccnc1. The van der Waals surface area contributed by atoms with Crippen molar-refractivity contribution in [2.45, 2.75) is 46.2 Å². The Morgan fingerprint density at radius 1 is 1.33 bits per heavy atom. The van der Waals surface area contributed by atoms with Gasteiger partial charge in [-0.3, -0.25) is 0 Å². The van der Waals surface area contributed by atoms with Crippen LogP contribution in [0.5, 0.6) is 0 Å². The fourth-order valence-electron chi connectivity index (χ4n) is 1.56. The summed E-state index contributed by atoms with van der Waals surface area (Å²) in [6.07, 6.45) is 5.77. The zero-order valence-corrected chi connectivity index (χ0v) is 10.5. The van der Waals surface area contributed by atoms with E-state index in [1.807, 2.05) is 18.7 Å². The number of hydrogen-bond acceptors (Lipinski definition) is 2. The summed E-state index contributed by atoms with van der Waals surface area (Å²) in [7, 11) is 0. The van der Waals surface area contributed by atoms with Gasteiger partial charge in [0.15, 0.2) is 0 Å². The number of imidazole rings is 1. The van der Waals surface area contributed by atoms with Crippen LogP contribution >= 0.6 is 0 Å². The molecule has 1 heterocycles. The molecule has 3 nitrogen and oxygen atoms in total. The Morgan fingerprint density at radius 2 is 2.00 bits per heavy atom. The molecule has 0 amide bonds. The van der Waals surface area contributed by atoms with E-state index in [9.17, 15) is 0 Å². The maximum absolute atomic E-state index is 4.11. The first-order chi connectivity index (χ1) is 6.90. The molecule has 0 bridgehead atoms. The van der Waals surface area contributed by atoms with Crippen molar-refractivity contribution in [3.05, 3.63) is 18.7 Å². The predicted octanol–water partition coefficient (Wildman–Crippen LogP) is 2.47. The van der Waals surface area contributed by atoms with Crippen LogP contribution in [0.1, 0.15) is 40.7 Å². The van der Waals surface area contributed by atoms with Crippen LogP contribution in [0.2, 0.25) is 0 Å². The zero-order valence-electron chi connectivity index (χ0n) is 10.5. The van der Waals surface area contributed by atoms with Gasteiger partial charge in [-0.15, -0.1) is 0 Å². The Kier molecular flexibility index (Phi) is 3.91. The summed E-state index contributed by atoms with van der Waals surface area (Å²) in [4.78, 5) is 4.11. The highest BCUT2D eigenvalue weighted by molar-refractivity contribution is 4.85. The highest BCUT2D eigenvalue weighted by Crippen LogP contribution is 2.17. The molecule has 1 aromatic rings. The second-order valence-electron chi connectivity index (χ2n) is 5.45. The van der Waals surface area contributed by atoms with Gasteiger partial charge in [0, 0.05) is 30.5 Å². The van der Waals surface area contributed by atoms with Gasteiger partial charge >= 0.3 is 0 Å². The van der Waals surface area contributed by atoms with E-state index in [4.69, 9.17) is 0 Å². The van der Waals surface area contributed by atoms with Gasteiger partial charge in [0.1, 0.15) is 0 Å². The number of rotatable bonds is 4. The predicted molar refractivity (Wildman–Crippen MR) is 63.9 cm³/mol. The molecule has 0 fully saturated rings. The molecule has 1 aromatic heterocycles. The lowest BCUT2D eigenvalue weighted by atomic mass is 10.0. The van der Waals surface area contributed by atoms with E-state index in [1.54, 1.807) is 0 Å². The van der Waals surface area contributed by atoms with Crippen molar-refractivity contribution in [2.24, 2.45) is 5.92 Å². The van der Waals surface area contributed by atoms with Crippen LogP contribution in [-0.2, 0) is 0 Å². The fraction of sp³-hybridized carbons (Fsp3) is 0.750. The summed E-state index contributed by atoms with van der Waals surface area (Å²) in [6, 6.07) is 0.478. The summed E-state index contributed by atoms with van der Waals surface area (Å²) in [5.41, 5.74) is 0.174. The van der Waals surface area contributed by atoms with Gasteiger partial charge in [0.05, 0.1) is 6.33 Å². The second kappa shape index (κ2) is 4.79. The standard InChI is InChI=1S/C12H23N3/c1-10(2)11(8-14-12(3,4)5)15-7-6-13-9-15/h6-7,9-11,14H,8H2,1-5H3. The van der Waals surface area contributed by atoms with Crippen LogP contribution in [0.3, 0.4) is 0 Å². The van der Waals surface area contributed by atoms with Gasteiger partial charge in [0.2, 0.25) is 0 Å². The molecule has 0 saturated carbocycles. The molecule has 1 rings (SSSR count). The normalized spacial score (nSPS) is 14.5. The van der Waals surface area contributed by atoms with Gasteiger partial charge in [-0.25, -0.2) is 4.98 Å². The highest BCUT2D eigenvalue weighted by Gasteiger charge is 2.17. The molecule has 0 aliphatic carbocycles. The Morgan fingerprint density at radius 3 is 2.40 bits per heavy atom. The molecule has 15 heavy (non-hydrogen) atoms. The van der Waals surface area contributed by atoms with E-state index < -0.39 is 0 Å². The zero-order chi connectivity index (χ0) is 11.5. The molecular formula is C12H23N3. The Labute approximate surface area is 92.9 Å². The lowest BCUT2D eigenvalue weighted by Gasteiger charge is -2.28. The molecule has 0 aliphatic heterocycles. The largest absolute Gasteiger partial charge is 0.333 e. The molecule has 1 N–H and O–H groups in total. The van der Waals surface area contributed by atoms with Gasteiger partial charge in [-0.05, 0) is 26.7 Å². The summed E-state index contributed by atoms with van der Waals surface area (Å²) < 4.78 is 2.18. The molecule has 0 saturated heterocycles. The maximum Gasteiger partial charge on any atom is 0.0949 e. The lowest BCUT2D eigenvalue weighted by molar-refractivity contribution is 0.311. The molecule has 3 heteroatoms. The smallest absolute Gasteiger partial charge is 0.0949 e. The number of hydrogen-bond donors (Lipinski definition) is 1. The number of nitrogens with one attached hydrogen (secondary N) is 1. The van der Waals surface area contributed by atoms with Gasteiger partial charge in [-0.1, -0.05) is 13.8 Å². The first-order valence-electron chi connectivity index (χ1n) is 5.62. The molecule has 0 aliphatic rings.